The fourth-order valence-corrected chi connectivity index (χ4v) is 3.86. The molecule has 2 unspecified atom stereocenters. The first kappa shape index (κ1) is 15.3. The predicted octanol–water partition coefficient (Wildman–Crippen LogP) is 2.70. The Balaban J connectivity index is 1.53. The molecule has 1 amide bonds. The van der Waals surface area contributed by atoms with E-state index in [2.05, 4.69) is 26.1 Å². The molecule has 2 fully saturated rings. The van der Waals surface area contributed by atoms with Crippen LogP contribution in [0.3, 0.4) is 0 Å². The molecular formula is C15H18BrClN2O2. The molecule has 114 valence electrons. The summed E-state index contributed by atoms with van der Waals surface area (Å²) in [4.78, 5) is 14.6. The van der Waals surface area contributed by atoms with Crippen LogP contribution in [-0.4, -0.2) is 49.2 Å². The lowest BCUT2D eigenvalue weighted by Crippen LogP contribution is -2.50. The normalized spacial score (nSPS) is 25.6. The molecule has 0 aliphatic carbocycles. The van der Waals surface area contributed by atoms with Crippen LogP contribution >= 0.6 is 27.5 Å². The minimum Gasteiger partial charge on any atom is -0.373 e. The van der Waals surface area contributed by atoms with Gasteiger partial charge in [0.1, 0.15) is 0 Å². The standard InChI is InChI=1S/C15H18BrClN2O2/c16-11-4-10(5-12(17)6-11)15(20)18-7-14-8-19-3-1-2-13(19)9-21-14/h4-6,13-14H,1-3,7-9H2,(H,18,20). The molecule has 6 heteroatoms. The second-order valence-electron chi connectivity index (χ2n) is 5.61. The summed E-state index contributed by atoms with van der Waals surface area (Å²) in [5.74, 6) is -0.120. The first-order valence-electron chi connectivity index (χ1n) is 7.22. The summed E-state index contributed by atoms with van der Waals surface area (Å²) in [7, 11) is 0. The third kappa shape index (κ3) is 3.77. The van der Waals surface area contributed by atoms with Crippen molar-refractivity contribution >= 4 is 33.4 Å². The Labute approximate surface area is 137 Å². The summed E-state index contributed by atoms with van der Waals surface area (Å²) >= 11 is 9.31. The Bertz CT molecular complexity index is 520. The van der Waals surface area contributed by atoms with Gasteiger partial charge in [-0.1, -0.05) is 27.5 Å². The van der Waals surface area contributed by atoms with E-state index in [1.807, 2.05) is 0 Å². The highest BCUT2D eigenvalue weighted by Crippen LogP contribution is 2.22. The molecule has 2 saturated heterocycles. The number of ether oxygens (including phenoxy) is 1. The van der Waals surface area contributed by atoms with Gasteiger partial charge in [-0.2, -0.15) is 0 Å². The summed E-state index contributed by atoms with van der Waals surface area (Å²) in [6, 6.07) is 5.77. The zero-order valence-electron chi connectivity index (χ0n) is 11.6. The van der Waals surface area contributed by atoms with Crippen LogP contribution < -0.4 is 5.32 Å². The van der Waals surface area contributed by atoms with Crippen molar-refractivity contribution in [2.45, 2.75) is 25.0 Å². The number of fused-ring (bicyclic) bond motifs is 1. The monoisotopic (exact) mass is 372 g/mol. The van der Waals surface area contributed by atoms with E-state index in [9.17, 15) is 4.79 Å². The molecule has 2 aliphatic heterocycles. The highest BCUT2D eigenvalue weighted by Gasteiger charge is 2.32. The number of morpholine rings is 1. The van der Waals surface area contributed by atoms with Crippen molar-refractivity contribution in [1.29, 1.82) is 0 Å². The molecule has 0 aromatic heterocycles. The molecule has 1 N–H and O–H groups in total. The molecule has 3 rings (SSSR count). The van der Waals surface area contributed by atoms with Crippen molar-refractivity contribution in [3.8, 4) is 0 Å². The smallest absolute Gasteiger partial charge is 0.251 e. The third-order valence-corrected chi connectivity index (χ3v) is 4.75. The van der Waals surface area contributed by atoms with Gasteiger partial charge in [-0.25, -0.2) is 0 Å². The van der Waals surface area contributed by atoms with E-state index in [-0.39, 0.29) is 12.0 Å². The number of hydrogen-bond donors (Lipinski definition) is 1. The van der Waals surface area contributed by atoms with Gasteiger partial charge in [0.2, 0.25) is 0 Å². The zero-order chi connectivity index (χ0) is 14.8. The Hall–Kier alpha value is -0.620. The van der Waals surface area contributed by atoms with E-state index in [0.717, 1.165) is 24.2 Å². The van der Waals surface area contributed by atoms with E-state index in [4.69, 9.17) is 16.3 Å². The van der Waals surface area contributed by atoms with E-state index < -0.39 is 0 Å². The Morgan fingerprint density at radius 3 is 3.14 bits per heavy atom. The van der Waals surface area contributed by atoms with Crippen molar-refractivity contribution in [2.75, 3.05) is 26.2 Å². The quantitative estimate of drug-likeness (QED) is 0.886. The van der Waals surface area contributed by atoms with Crippen molar-refractivity contribution in [2.24, 2.45) is 0 Å². The van der Waals surface area contributed by atoms with Gasteiger partial charge in [0.05, 0.1) is 12.7 Å². The van der Waals surface area contributed by atoms with E-state index >= 15 is 0 Å². The van der Waals surface area contributed by atoms with Gasteiger partial charge in [0, 0.05) is 34.2 Å². The number of benzene rings is 1. The van der Waals surface area contributed by atoms with Gasteiger partial charge in [-0.15, -0.1) is 0 Å². The number of nitrogens with one attached hydrogen (secondary N) is 1. The van der Waals surface area contributed by atoms with Crippen LogP contribution in [0, 0.1) is 0 Å². The van der Waals surface area contributed by atoms with Crippen LogP contribution in [0.5, 0.6) is 0 Å². The second-order valence-corrected chi connectivity index (χ2v) is 6.97. The van der Waals surface area contributed by atoms with Crippen molar-refractivity contribution in [3.63, 3.8) is 0 Å². The van der Waals surface area contributed by atoms with Gasteiger partial charge < -0.3 is 10.1 Å². The third-order valence-electron chi connectivity index (χ3n) is 4.08. The molecule has 4 nitrogen and oxygen atoms in total. The molecule has 21 heavy (non-hydrogen) atoms. The average molecular weight is 374 g/mol. The van der Waals surface area contributed by atoms with Crippen molar-refractivity contribution in [3.05, 3.63) is 33.3 Å². The fraction of sp³-hybridized carbons (Fsp3) is 0.533. The molecule has 2 heterocycles. The summed E-state index contributed by atoms with van der Waals surface area (Å²) in [6.07, 6.45) is 2.56. The number of nitrogens with zero attached hydrogens (tertiary/aromatic N) is 1. The van der Waals surface area contributed by atoms with Crippen LogP contribution in [0.2, 0.25) is 5.02 Å². The SMILES string of the molecule is O=C(NCC1CN2CCCC2CO1)c1cc(Cl)cc(Br)c1. The Morgan fingerprint density at radius 1 is 1.48 bits per heavy atom. The Morgan fingerprint density at radius 2 is 2.33 bits per heavy atom. The largest absolute Gasteiger partial charge is 0.373 e. The number of carbonyl (C=O) groups is 1. The van der Waals surface area contributed by atoms with Gasteiger partial charge in [0.15, 0.2) is 0 Å². The lowest BCUT2D eigenvalue weighted by molar-refractivity contribution is -0.0461. The maximum absolute atomic E-state index is 12.2. The van der Waals surface area contributed by atoms with Gasteiger partial charge in [-0.3, -0.25) is 9.69 Å². The number of halogens is 2. The number of rotatable bonds is 3. The van der Waals surface area contributed by atoms with Crippen LogP contribution in [0.4, 0.5) is 0 Å². The van der Waals surface area contributed by atoms with Crippen LogP contribution in [-0.2, 0) is 4.74 Å². The van der Waals surface area contributed by atoms with Crippen molar-refractivity contribution in [1.82, 2.24) is 10.2 Å². The molecule has 1 aromatic carbocycles. The lowest BCUT2D eigenvalue weighted by Gasteiger charge is -2.35. The molecular weight excluding hydrogens is 356 g/mol. The minimum absolute atomic E-state index is 0.0749. The molecule has 2 atom stereocenters. The van der Waals surface area contributed by atoms with Crippen molar-refractivity contribution < 1.29 is 9.53 Å². The first-order chi connectivity index (χ1) is 10.1. The van der Waals surface area contributed by atoms with Gasteiger partial charge in [0.25, 0.3) is 5.91 Å². The fourth-order valence-electron chi connectivity index (χ4n) is 3.00. The summed E-state index contributed by atoms with van der Waals surface area (Å²) in [5.41, 5.74) is 0.559. The first-order valence-corrected chi connectivity index (χ1v) is 8.39. The second kappa shape index (κ2) is 6.65. The van der Waals surface area contributed by atoms with E-state index in [1.54, 1.807) is 18.2 Å². The molecule has 1 aromatic rings. The zero-order valence-corrected chi connectivity index (χ0v) is 14.0. The van der Waals surface area contributed by atoms with Crippen LogP contribution in [0.15, 0.2) is 22.7 Å². The van der Waals surface area contributed by atoms with Gasteiger partial charge >= 0.3 is 0 Å². The highest BCUT2D eigenvalue weighted by atomic mass is 79.9. The maximum atomic E-state index is 12.2. The highest BCUT2D eigenvalue weighted by molar-refractivity contribution is 9.10. The van der Waals surface area contributed by atoms with Crippen LogP contribution in [0.25, 0.3) is 0 Å². The summed E-state index contributed by atoms with van der Waals surface area (Å²) < 4.78 is 6.63. The minimum atomic E-state index is -0.120. The average Bonchev–Trinajstić information content (AvgIpc) is 2.91. The Kier molecular flexibility index (Phi) is 4.84. The molecule has 0 radical (unpaired) electrons. The topological polar surface area (TPSA) is 41.6 Å². The van der Waals surface area contributed by atoms with Gasteiger partial charge in [-0.05, 0) is 37.6 Å². The predicted molar refractivity (Wildman–Crippen MR) is 85.8 cm³/mol. The van der Waals surface area contributed by atoms with E-state index in [0.29, 0.717) is 23.2 Å². The molecule has 0 spiro atoms. The summed E-state index contributed by atoms with van der Waals surface area (Å²) in [5, 5.41) is 3.48. The van der Waals surface area contributed by atoms with Crippen LogP contribution in [0.1, 0.15) is 23.2 Å². The van der Waals surface area contributed by atoms with E-state index in [1.165, 1.54) is 12.8 Å². The maximum Gasteiger partial charge on any atom is 0.251 e. The lowest BCUT2D eigenvalue weighted by atomic mass is 10.1. The number of carbonyl (C=O) groups excluding carboxylic acids is 1. The number of amides is 1. The summed E-state index contributed by atoms with van der Waals surface area (Å²) in [6.45, 7) is 3.37. The molecule has 0 bridgehead atoms. The molecule has 0 saturated carbocycles. The molecule has 2 aliphatic rings. The number of hydrogen-bond acceptors (Lipinski definition) is 3.